The summed E-state index contributed by atoms with van der Waals surface area (Å²) in [6.45, 7) is 6.92. The van der Waals surface area contributed by atoms with Gasteiger partial charge in [0.2, 0.25) is 15.9 Å². The van der Waals surface area contributed by atoms with E-state index in [-0.39, 0.29) is 24.3 Å². The van der Waals surface area contributed by atoms with Gasteiger partial charge in [-0.15, -0.1) is 0 Å². The zero-order valence-corrected chi connectivity index (χ0v) is 27.4. The Morgan fingerprint density at radius 3 is 2.04 bits per heavy atom. The van der Waals surface area contributed by atoms with Crippen molar-refractivity contribution >= 4 is 27.4 Å². The van der Waals surface area contributed by atoms with Crippen molar-refractivity contribution in [3.63, 3.8) is 0 Å². The van der Waals surface area contributed by atoms with Crippen LogP contribution in [0, 0.1) is 12.7 Å². The van der Waals surface area contributed by atoms with Crippen molar-refractivity contribution in [3.8, 4) is 11.1 Å². The molecule has 47 heavy (non-hydrogen) atoms. The van der Waals surface area contributed by atoms with Gasteiger partial charge in [0.15, 0.2) is 0 Å². The maximum absolute atomic E-state index is 14.1. The molecule has 1 aromatic heterocycles. The summed E-state index contributed by atoms with van der Waals surface area (Å²) in [6.07, 6.45) is -7.18. The zero-order valence-electron chi connectivity index (χ0n) is 26.6. The molecule has 256 valence electrons. The third-order valence-electron chi connectivity index (χ3n) is 8.49. The number of halogens is 7. The number of aryl methyl sites for hydroxylation is 1. The fraction of sp³-hybridized carbons (Fsp3) is 0.438. The number of alkyl halides is 6. The number of sulfonamides is 1. The molecule has 2 aromatic carbocycles. The van der Waals surface area contributed by atoms with Crippen molar-refractivity contribution in [2.75, 3.05) is 42.7 Å². The minimum atomic E-state index is -5.10. The number of hydrogen-bond donors (Lipinski definition) is 0. The topological polar surface area (TPSA) is 73.8 Å². The summed E-state index contributed by atoms with van der Waals surface area (Å²) in [5.41, 5.74) is -3.88. The molecule has 1 amide bonds. The summed E-state index contributed by atoms with van der Waals surface area (Å²) >= 11 is 0. The van der Waals surface area contributed by atoms with Crippen LogP contribution in [-0.2, 0) is 32.6 Å². The summed E-state index contributed by atoms with van der Waals surface area (Å²) in [7, 11) is -2.14. The molecule has 0 saturated carbocycles. The van der Waals surface area contributed by atoms with E-state index in [1.165, 1.54) is 49.6 Å². The molecule has 1 fully saturated rings. The highest BCUT2D eigenvalue weighted by Gasteiger charge is 2.41. The fourth-order valence-corrected chi connectivity index (χ4v) is 7.12. The van der Waals surface area contributed by atoms with Crippen molar-refractivity contribution < 1.29 is 43.9 Å². The Labute approximate surface area is 269 Å². The number of likely N-dealkylation sites (N-methyl/N-ethyl adjacent to an activating group) is 2. The third-order valence-corrected chi connectivity index (χ3v) is 9.90. The molecule has 0 radical (unpaired) electrons. The largest absolute Gasteiger partial charge is 0.416 e. The summed E-state index contributed by atoms with van der Waals surface area (Å²) in [4.78, 5) is 21.5. The van der Waals surface area contributed by atoms with Gasteiger partial charge in [-0.05, 0) is 80.3 Å². The average Bonchev–Trinajstić information content (AvgIpc) is 3.44. The van der Waals surface area contributed by atoms with Crippen LogP contribution in [0.4, 0.5) is 42.2 Å². The number of rotatable bonds is 8. The lowest BCUT2D eigenvalue weighted by molar-refractivity contribution is -0.143. The maximum atomic E-state index is 14.1. The highest BCUT2D eigenvalue weighted by Crippen LogP contribution is 2.41. The lowest BCUT2D eigenvalue weighted by atomic mass is 9.81. The third kappa shape index (κ3) is 7.56. The van der Waals surface area contributed by atoms with Crippen molar-refractivity contribution in [1.29, 1.82) is 0 Å². The molecular weight excluding hydrogens is 653 g/mol. The molecule has 15 heteroatoms. The SMILES string of the molecule is CCN([C@@H]1CCN(c2cc(-c3ccc(F)cc3C)c(N(C)C(=O)C(C)(C)c3cc(C(F)(F)F)cc(C(F)(F)F)c3)cn2)C1)S(C)(=O)=O. The Bertz CT molecular complexity index is 1740. The molecule has 1 saturated heterocycles. The smallest absolute Gasteiger partial charge is 0.355 e. The minimum Gasteiger partial charge on any atom is -0.355 e. The first kappa shape index (κ1) is 36.1. The monoisotopic (exact) mass is 688 g/mol. The second-order valence-electron chi connectivity index (χ2n) is 12.2. The van der Waals surface area contributed by atoms with Crippen LogP contribution in [0.5, 0.6) is 0 Å². The number of amides is 1. The molecule has 0 aliphatic carbocycles. The van der Waals surface area contributed by atoms with Gasteiger partial charge in [-0.2, -0.15) is 30.6 Å². The van der Waals surface area contributed by atoms with Crippen molar-refractivity contribution in [2.45, 2.75) is 57.9 Å². The lowest BCUT2D eigenvalue weighted by Crippen LogP contribution is -2.42. The number of anilines is 2. The first-order valence-electron chi connectivity index (χ1n) is 14.6. The van der Waals surface area contributed by atoms with Gasteiger partial charge in [0, 0.05) is 38.3 Å². The molecule has 0 N–H and O–H groups in total. The predicted molar refractivity (Wildman–Crippen MR) is 165 cm³/mol. The van der Waals surface area contributed by atoms with E-state index in [1.807, 2.05) is 4.90 Å². The van der Waals surface area contributed by atoms with Crippen LogP contribution in [0.3, 0.4) is 0 Å². The first-order chi connectivity index (χ1) is 21.5. The number of carbonyl (C=O) groups is 1. The van der Waals surface area contributed by atoms with Crippen molar-refractivity contribution in [2.24, 2.45) is 0 Å². The molecule has 0 bridgehead atoms. The summed E-state index contributed by atoms with van der Waals surface area (Å²) < 4.78 is 122. The van der Waals surface area contributed by atoms with Gasteiger partial charge in [0.1, 0.15) is 11.6 Å². The van der Waals surface area contributed by atoms with E-state index in [9.17, 15) is 43.9 Å². The molecular formula is C32H35F7N4O3S. The zero-order chi connectivity index (χ0) is 35.3. The van der Waals surface area contributed by atoms with E-state index in [4.69, 9.17) is 0 Å². The molecule has 2 heterocycles. The first-order valence-corrected chi connectivity index (χ1v) is 16.5. The van der Waals surface area contributed by atoms with E-state index >= 15 is 0 Å². The van der Waals surface area contributed by atoms with E-state index in [1.54, 1.807) is 19.9 Å². The van der Waals surface area contributed by atoms with E-state index in [0.29, 0.717) is 54.2 Å². The van der Waals surface area contributed by atoms with Gasteiger partial charge in [-0.3, -0.25) is 4.79 Å². The number of aromatic nitrogens is 1. The van der Waals surface area contributed by atoms with Crippen LogP contribution >= 0.6 is 0 Å². The fourth-order valence-electron chi connectivity index (χ4n) is 5.94. The van der Waals surface area contributed by atoms with Crippen molar-refractivity contribution in [1.82, 2.24) is 9.29 Å². The normalized spacial score (nSPS) is 16.2. The number of carbonyl (C=O) groups excluding carboxylic acids is 1. The van der Waals surface area contributed by atoms with E-state index in [0.717, 1.165) is 11.2 Å². The van der Waals surface area contributed by atoms with Crippen molar-refractivity contribution in [3.05, 3.63) is 76.7 Å². The van der Waals surface area contributed by atoms with Crippen LogP contribution in [-0.4, -0.2) is 62.6 Å². The number of hydrogen-bond acceptors (Lipinski definition) is 5. The lowest BCUT2D eigenvalue weighted by Gasteiger charge is -2.32. The molecule has 1 aliphatic heterocycles. The summed E-state index contributed by atoms with van der Waals surface area (Å²) in [6, 6.07) is 6.41. The second-order valence-corrected chi connectivity index (χ2v) is 14.1. The molecule has 7 nitrogen and oxygen atoms in total. The van der Waals surface area contributed by atoms with Gasteiger partial charge in [-0.25, -0.2) is 17.8 Å². The average molecular weight is 689 g/mol. The summed E-state index contributed by atoms with van der Waals surface area (Å²) in [5.74, 6) is -0.902. The Hall–Kier alpha value is -3.72. The molecule has 1 atom stereocenters. The Kier molecular flexibility index (Phi) is 9.77. The highest BCUT2D eigenvalue weighted by atomic mass is 32.2. The van der Waals surface area contributed by atoms with Gasteiger partial charge in [0.05, 0.1) is 34.7 Å². The number of nitrogens with zero attached hydrogens (tertiary/aromatic N) is 4. The quantitative estimate of drug-likeness (QED) is 0.238. The molecule has 3 aromatic rings. The number of benzene rings is 2. The predicted octanol–water partition coefficient (Wildman–Crippen LogP) is 7.03. The Morgan fingerprint density at radius 2 is 1.53 bits per heavy atom. The van der Waals surface area contributed by atoms with E-state index in [2.05, 4.69) is 4.98 Å². The van der Waals surface area contributed by atoms with Crippen LogP contribution in [0.25, 0.3) is 11.1 Å². The Morgan fingerprint density at radius 1 is 0.957 bits per heavy atom. The van der Waals surface area contributed by atoms with Crippen LogP contribution < -0.4 is 9.80 Å². The van der Waals surface area contributed by atoms with Gasteiger partial charge < -0.3 is 9.80 Å². The molecule has 4 rings (SSSR count). The van der Waals surface area contributed by atoms with Crippen LogP contribution in [0.1, 0.15) is 49.4 Å². The van der Waals surface area contributed by atoms with E-state index < -0.39 is 56.2 Å². The van der Waals surface area contributed by atoms with Gasteiger partial charge in [0.25, 0.3) is 0 Å². The summed E-state index contributed by atoms with van der Waals surface area (Å²) in [5, 5.41) is 0. The molecule has 1 aliphatic rings. The number of pyridine rings is 1. The minimum absolute atomic E-state index is 0.00436. The van der Waals surface area contributed by atoms with Crippen LogP contribution in [0.2, 0.25) is 0 Å². The molecule has 0 unspecified atom stereocenters. The Balaban J connectivity index is 1.79. The highest BCUT2D eigenvalue weighted by molar-refractivity contribution is 7.88. The molecule has 0 spiro atoms. The van der Waals surface area contributed by atoms with Crippen LogP contribution in [0.15, 0.2) is 48.7 Å². The van der Waals surface area contributed by atoms with Gasteiger partial charge in [-0.1, -0.05) is 13.0 Å². The maximum Gasteiger partial charge on any atom is 0.416 e. The van der Waals surface area contributed by atoms with Gasteiger partial charge >= 0.3 is 12.4 Å². The second kappa shape index (κ2) is 12.7. The standard InChI is InChI=1S/C32H35F7N4O3S/c1-7-43(47(6,45)46)24-10-11-42(18-24)28-16-26(25-9-8-23(33)12-19(25)2)27(17-40-28)41(5)29(44)30(3,4)20-13-21(31(34,35)36)15-22(14-20)32(37,38)39/h8-9,12-17,24H,7,10-11,18H2,1-6H3/t24-/m1/s1.